The van der Waals surface area contributed by atoms with Gasteiger partial charge in [0.1, 0.15) is 0 Å². The number of benzene rings is 2. The quantitative estimate of drug-likeness (QED) is 0.777. The van der Waals surface area contributed by atoms with Crippen LogP contribution < -0.4 is 4.90 Å². The van der Waals surface area contributed by atoms with Gasteiger partial charge in [-0.15, -0.1) is 0 Å². The Labute approximate surface area is 131 Å². The van der Waals surface area contributed by atoms with Crippen LogP contribution in [0.5, 0.6) is 0 Å². The third kappa shape index (κ3) is 4.36. The number of hydrogen-bond acceptors (Lipinski definition) is 3. The molecule has 2 rings (SSSR count). The number of carbonyl (C=O) groups is 1. The minimum Gasteiger partial charge on any atom is -0.372 e. The van der Waals surface area contributed by atoms with Crippen LogP contribution in [-0.2, 0) is 5.75 Å². The van der Waals surface area contributed by atoms with Crippen LogP contribution in [0.25, 0.3) is 0 Å². The largest absolute Gasteiger partial charge is 0.372 e. The van der Waals surface area contributed by atoms with Gasteiger partial charge in [0.25, 0.3) is 0 Å². The zero-order valence-electron chi connectivity index (χ0n) is 12.6. The molecule has 0 N–H and O–H groups in total. The molecule has 0 atom stereocenters. The monoisotopic (exact) mass is 299 g/mol. The van der Waals surface area contributed by atoms with Gasteiger partial charge in [-0.2, -0.15) is 0 Å². The standard InChI is InChI=1S/C18H21NOS/c1-3-19(4-2)17-12-10-16(11-13-17)18(20)21-14-15-8-6-5-7-9-15/h5-13H,3-4,14H2,1-2H3. The summed E-state index contributed by atoms with van der Waals surface area (Å²) in [4.78, 5) is 14.5. The molecule has 0 saturated carbocycles. The molecule has 0 aliphatic rings. The molecule has 21 heavy (non-hydrogen) atoms. The molecule has 0 amide bonds. The lowest BCUT2D eigenvalue weighted by atomic mass is 10.2. The molecule has 2 nitrogen and oxygen atoms in total. The number of rotatable bonds is 6. The smallest absolute Gasteiger partial charge is 0.219 e. The minimum atomic E-state index is 0.130. The molecule has 0 aromatic heterocycles. The zero-order chi connectivity index (χ0) is 15.1. The van der Waals surface area contributed by atoms with E-state index in [9.17, 15) is 4.79 Å². The van der Waals surface area contributed by atoms with E-state index in [1.165, 1.54) is 23.0 Å². The summed E-state index contributed by atoms with van der Waals surface area (Å²) >= 11 is 1.36. The number of nitrogens with zero attached hydrogens (tertiary/aromatic N) is 1. The van der Waals surface area contributed by atoms with Crippen LogP contribution in [0.15, 0.2) is 54.6 Å². The predicted octanol–water partition coefficient (Wildman–Crippen LogP) is 4.61. The van der Waals surface area contributed by atoms with Crippen molar-refractivity contribution >= 4 is 22.6 Å². The van der Waals surface area contributed by atoms with Crippen LogP contribution in [0.1, 0.15) is 29.8 Å². The fourth-order valence-corrected chi connectivity index (χ4v) is 3.00. The third-order valence-corrected chi connectivity index (χ3v) is 4.42. The summed E-state index contributed by atoms with van der Waals surface area (Å²) in [5.41, 5.74) is 3.12. The Morgan fingerprint density at radius 3 is 2.14 bits per heavy atom. The first-order valence-corrected chi connectivity index (χ1v) is 8.29. The van der Waals surface area contributed by atoms with Crippen LogP contribution in [0.4, 0.5) is 5.69 Å². The fourth-order valence-electron chi connectivity index (χ4n) is 2.20. The van der Waals surface area contributed by atoms with E-state index in [1.807, 2.05) is 54.6 Å². The van der Waals surface area contributed by atoms with Crippen molar-refractivity contribution in [3.05, 3.63) is 65.7 Å². The summed E-state index contributed by atoms with van der Waals surface area (Å²) in [6.45, 7) is 6.23. The van der Waals surface area contributed by atoms with Gasteiger partial charge in [0.05, 0.1) is 0 Å². The molecule has 0 aliphatic carbocycles. The lowest BCUT2D eigenvalue weighted by Crippen LogP contribution is -2.21. The van der Waals surface area contributed by atoms with Crippen LogP contribution in [-0.4, -0.2) is 18.2 Å². The Hall–Kier alpha value is -1.74. The summed E-state index contributed by atoms with van der Waals surface area (Å²) < 4.78 is 0. The lowest BCUT2D eigenvalue weighted by Gasteiger charge is -2.20. The van der Waals surface area contributed by atoms with Gasteiger partial charge in [0.15, 0.2) is 0 Å². The first kappa shape index (κ1) is 15.6. The van der Waals surface area contributed by atoms with Crippen molar-refractivity contribution in [2.45, 2.75) is 19.6 Å². The Balaban J connectivity index is 1.97. The van der Waals surface area contributed by atoms with Gasteiger partial charge in [-0.05, 0) is 43.7 Å². The van der Waals surface area contributed by atoms with Crippen LogP contribution in [0.2, 0.25) is 0 Å². The number of thioether (sulfide) groups is 1. The predicted molar refractivity (Wildman–Crippen MR) is 92.1 cm³/mol. The van der Waals surface area contributed by atoms with Crippen molar-refractivity contribution < 1.29 is 4.79 Å². The van der Waals surface area contributed by atoms with Gasteiger partial charge >= 0.3 is 0 Å². The summed E-state index contributed by atoms with van der Waals surface area (Å²) in [6, 6.07) is 18.0. The molecule has 0 unspecified atom stereocenters. The SMILES string of the molecule is CCN(CC)c1ccc(C(=O)SCc2ccccc2)cc1. The summed E-state index contributed by atoms with van der Waals surface area (Å²) in [6.07, 6.45) is 0. The van der Waals surface area contributed by atoms with Crippen LogP contribution in [0, 0.1) is 0 Å². The van der Waals surface area contributed by atoms with Crippen LogP contribution >= 0.6 is 11.8 Å². The average molecular weight is 299 g/mol. The second-order valence-corrected chi connectivity index (χ2v) is 5.73. The molecule has 0 fully saturated rings. The van der Waals surface area contributed by atoms with Crippen molar-refractivity contribution in [3.8, 4) is 0 Å². The number of carbonyl (C=O) groups excluding carboxylic acids is 1. The highest BCUT2D eigenvalue weighted by Gasteiger charge is 2.08. The topological polar surface area (TPSA) is 20.3 Å². The van der Waals surface area contributed by atoms with Gasteiger partial charge in [-0.3, -0.25) is 4.79 Å². The first-order valence-electron chi connectivity index (χ1n) is 7.30. The highest BCUT2D eigenvalue weighted by Crippen LogP contribution is 2.21. The minimum absolute atomic E-state index is 0.130. The van der Waals surface area contributed by atoms with E-state index >= 15 is 0 Å². The summed E-state index contributed by atoms with van der Waals surface area (Å²) in [7, 11) is 0. The van der Waals surface area contributed by atoms with Gasteiger partial charge in [0, 0.05) is 30.1 Å². The van der Waals surface area contributed by atoms with E-state index in [2.05, 4.69) is 18.7 Å². The molecule has 0 bridgehead atoms. The van der Waals surface area contributed by atoms with Crippen molar-refractivity contribution in [1.29, 1.82) is 0 Å². The van der Waals surface area contributed by atoms with Gasteiger partial charge < -0.3 is 4.90 Å². The van der Waals surface area contributed by atoms with E-state index in [4.69, 9.17) is 0 Å². The van der Waals surface area contributed by atoms with E-state index in [0.29, 0.717) is 0 Å². The molecular formula is C18H21NOS. The average Bonchev–Trinajstić information content (AvgIpc) is 2.55. The molecule has 2 aromatic carbocycles. The van der Waals surface area contributed by atoms with Crippen molar-refractivity contribution in [2.75, 3.05) is 18.0 Å². The van der Waals surface area contributed by atoms with Gasteiger partial charge in [-0.1, -0.05) is 42.1 Å². The summed E-state index contributed by atoms with van der Waals surface area (Å²) in [5, 5.41) is 0.130. The number of hydrogen-bond donors (Lipinski definition) is 0. The first-order chi connectivity index (χ1) is 10.2. The molecule has 0 radical (unpaired) electrons. The fraction of sp³-hybridized carbons (Fsp3) is 0.278. The second kappa shape index (κ2) is 7.89. The molecule has 2 aromatic rings. The van der Waals surface area contributed by atoms with E-state index in [0.717, 1.165) is 24.4 Å². The normalized spacial score (nSPS) is 10.4. The van der Waals surface area contributed by atoms with Gasteiger partial charge in [0.2, 0.25) is 5.12 Å². The Morgan fingerprint density at radius 1 is 0.952 bits per heavy atom. The van der Waals surface area contributed by atoms with E-state index in [1.54, 1.807) is 0 Å². The van der Waals surface area contributed by atoms with Gasteiger partial charge in [-0.25, -0.2) is 0 Å². The Kier molecular flexibility index (Phi) is 5.88. The maximum absolute atomic E-state index is 12.2. The Bertz CT molecular complexity index is 562. The molecule has 0 heterocycles. The molecule has 0 saturated heterocycles. The lowest BCUT2D eigenvalue weighted by molar-refractivity contribution is 0.108. The molecular weight excluding hydrogens is 278 g/mol. The maximum Gasteiger partial charge on any atom is 0.219 e. The molecule has 0 spiro atoms. The van der Waals surface area contributed by atoms with Crippen molar-refractivity contribution in [2.24, 2.45) is 0 Å². The summed E-state index contributed by atoms with van der Waals surface area (Å²) in [5.74, 6) is 0.720. The van der Waals surface area contributed by atoms with Crippen LogP contribution in [0.3, 0.4) is 0 Å². The number of anilines is 1. The molecule has 0 aliphatic heterocycles. The van der Waals surface area contributed by atoms with E-state index < -0.39 is 0 Å². The van der Waals surface area contributed by atoms with E-state index in [-0.39, 0.29) is 5.12 Å². The maximum atomic E-state index is 12.2. The molecule has 3 heteroatoms. The zero-order valence-corrected chi connectivity index (χ0v) is 13.4. The second-order valence-electron chi connectivity index (χ2n) is 4.78. The Morgan fingerprint density at radius 2 is 1.57 bits per heavy atom. The third-order valence-electron chi connectivity index (χ3n) is 3.44. The highest BCUT2D eigenvalue weighted by molar-refractivity contribution is 8.13. The van der Waals surface area contributed by atoms with Crippen molar-refractivity contribution in [1.82, 2.24) is 0 Å². The molecule has 110 valence electrons. The van der Waals surface area contributed by atoms with Crippen molar-refractivity contribution in [3.63, 3.8) is 0 Å². The highest BCUT2D eigenvalue weighted by atomic mass is 32.2.